The number of ether oxygens (including phenoxy) is 1. The van der Waals surface area contributed by atoms with Gasteiger partial charge >= 0.3 is 0 Å². The first-order chi connectivity index (χ1) is 15.0. The van der Waals surface area contributed by atoms with Crippen molar-refractivity contribution in [2.45, 2.75) is 45.5 Å². The third-order valence-corrected chi connectivity index (χ3v) is 5.08. The van der Waals surface area contributed by atoms with Gasteiger partial charge in [-0.05, 0) is 39.3 Å². The molecule has 6 nitrogen and oxygen atoms in total. The van der Waals surface area contributed by atoms with E-state index >= 15 is 0 Å². The minimum absolute atomic E-state index is 0.0449. The number of alkyl halides is 1. The summed E-state index contributed by atoms with van der Waals surface area (Å²) in [6.45, 7) is 4.33. The fraction of sp³-hybridized carbons (Fsp3) is 0.364. The molecule has 3 N–H and O–H groups in total. The highest BCUT2D eigenvalue weighted by atomic mass is 35.5. The maximum Gasteiger partial charge on any atom is 0.270 e. The molecular weight excluding hydrogens is 445 g/mol. The van der Waals surface area contributed by atoms with Crippen LogP contribution < -0.4 is 15.8 Å². The molecule has 0 bridgehead atoms. The summed E-state index contributed by atoms with van der Waals surface area (Å²) in [6.07, 6.45) is 0.445. The van der Waals surface area contributed by atoms with Gasteiger partial charge in [0.1, 0.15) is 23.9 Å². The number of nitrogens with zero attached hydrogens (tertiary/aromatic N) is 2. The Morgan fingerprint density at radius 1 is 1.38 bits per heavy atom. The lowest BCUT2D eigenvalue weighted by Gasteiger charge is -2.25. The highest BCUT2D eigenvalue weighted by Crippen LogP contribution is 2.28. The average molecular weight is 469 g/mol. The molecule has 2 aromatic heterocycles. The second-order valence-electron chi connectivity index (χ2n) is 8.07. The molecule has 0 radical (unpaired) electrons. The van der Waals surface area contributed by atoms with Crippen LogP contribution in [0.25, 0.3) is 5.65 Å². The van der Waals surface area contributed by atoms with Gasteiger partial charge in [0.15, 0.2) is 11.4 Å². The number of nitrogens with two attached hydrogens (primary N) is 1. The molecule has 1 amide bonds. The molecule has 0 saturated heterocycles. The molecular formula is C22H24ClF3N4O2. The zero-order chi connectivity index (χ0) is 23.6. The number of fused-ring (bicyclic) bond motifs is 1. The van der Waals surface area contributed by atoms with Crippen LogP contribution in [0.5, 0.6) is 5.75 Å². The van der Waals surface area contributed by atoms with E-state index in [-0.39, 0.29) is 40.6 Å². The number of hydrogen-bond donors (Lipinski definition) is 2. The Labute approximate surface area is 188 Å². The summed E-state index contributed by atoms with van der Waals surface area (Å²) < 4.78 is 48.2. The molecule has 0 saturated carbocycles. The normalized spacial score (nSPS) is 14.2. The molecule has 0 aliphatic heterocycles. The Balaban J connectivity index is 1.88. The number of carbonyl (C=O) groups excluding carboxylic acids is 1. The molecule has 3 aromatic rings. The molecule has 0 aliphatic carbocycles. The van der Waals surface area contributed by atoms with E-state index in [1.807, 2.05) is 0 Å². The van der Waals surface area contributed by atoms with Gasteiger partial charge in [0.2, 0.25) is 0 Å². The summed E-state index contributed by atoms with van der Waals surface area (Å²) in [5.74, 6) is -1.81. The van der Waals surface area contributed by atoms with Crippen LogP contribution in [0, 0.1) is 18.6 Å². The van der Waals surface area contributed by atoms with Crippen LogP contribution in [0.4, 0.5) is 13.2 Å². The zero-order valence-electron chi connectivity index (χ0n) is 17.9. The van der Waals surface area contributed by atoms with Crippen LogP contribution in [-0.2, 0) is 6.61 Å². The van der Waals surface area contributed by atoms with Gasteiger partial charge in [-0.3, -0.25) is 9.20 Å². The van der Waals surface area contributed by atoms with Crippen LogP contribution >= 0.6 is 11.6 Å². The molecule has 2 heterocycles. The number of imidazole rings is 1. The number of carbonyl (C=O) groups is 1. The lowest BCUT2D eigenvalue weighted by Crippen LogP contribution is -2.49. The fourth-order valence-corrected chi connectivity index (χ4v) is 3.67. The predicted octanol–water partition coefficient (Wildman–Crippen LogP) is 4.35. The van der Waals surface area contributed by atoms with Gasteiger partial charge in [-0.1, -0.05) is 17.7 Å². The highest BCUT2D eigenvalue weighted by molar-refractivity contribution is 6.30. The quantitative estimate of drug-likeness (QED) is 0.515. The SMILES string of the molecule is Cc1nc2c(OCc3c(F)cccc3F)cc(Cl)cn2c1C(=O)NCC(C)(N)CC(C)F. The van der Waals surface area contributed by atoms with Crippen LogP contribution in [0.15, 0.2) is 30.5 Å². The van der Waals surface area contributed by atoms with Crippen molar-refractivity contribution in [2.75, 3.05) is 6.54 Å². The van der Waals surface area contributed by atoms with Gasteiger partial charge in [0.25, 0.3) is 5.91 Å². The van der Waals surface area contributed by atoms with Crippen molar-refractivity contribution in [1.82, 2.24) is 14.7 Å². The molecule has 172 valence electrons. The van der Waals surface area contributed by atoms with Crippen molar-refractivity contribution in [3.8, 4) is 5.75 Å². The van der Waals surface area contributed by atoms with E-state index in [0.29, 0.717) is 5.69 Å². The van der Waals surface area contributed by atoms with Gasteiger partial charge in [0.05, 0.1) is 22.5 Å². The summed E-state index contributed by atoms with van der Waals surface area (Å²) in [4.78, 5) is 17.2. The Morgan fingerprint density at radius 2 is 2.03 bits per heavy atom. The van der Waals surface area contributed by atoms with Crippen molar-refractivity contribution in [1.29, 1.82) is 0 Å². The average Bonchev–Trinajstić information content (AvgIpc) is 3.00. The Hall–Kier alpha value is -2.78. The first-order valence-electron chi connectivity index (χ1n) is 9.93. The molecule has 0 fully saturated rings. The second-order valence-corrected chi connectivity index (χ2v) is 8.51. The minimum Gasteiger partial charge on any atom is -0.485 e. The van der Waals surface area contributed by atoms with Gasteiger partial charge in [0, 0.05) is 24.3 Å². The third kappa shape index (κ3) is 5.34. The minimum atomic E-state index is -1.11. The number of hydrogen-bond acceptors (Lipinski definition) is 4. The predicted molar refractivity (Wildman–Crippen MR) is 116 cm³/mol. The van der Waals surface area contributed by atoms with Crippen molar-refractivity contribution < 1.29 is 22.7 Å². The molecule has 32 heavy (non-hydrogen) atoms. The number of amides is 1. The van der Waals surface area contributed by atoms with Crippen LogP contribution in [0.1, 0.15) is 42.0 Å². The second kappa shape index (κ2) is 9.38. The summed E-state index contributed by atoms with van der Waals surface area (Å²) in [5, 5.41) is 2.93. The highest BCUT2D eigenvalue weighted by Gasteiger charge is 2.25. The number of nitrogens with one attached hydrogen (secondary N) is 1. The Morgan fingerprint density at radius 3 is 2.66 bits per heavy atom. The van der Waals surface area contributed by atoms with Gasteiger partial charge in [-0.25, -0.2) is 18.2 Å². The summed E-state index contributed by atoms with van der Waals surface area (Å²) in [5.41, 5.74) is 5.70. The molecule has 0 aliphatic rings. The van der Waals surface area contributed by atoms with Gasteiger partial charge < -0.3 is 15.8 Å². The smallest absolute Gasteiger partial charge is 0.270 e. The van der Waals surface area contributed by atoms with E-state index in [2.05, 4.69) is 10.3 Å². The largest absolute Gasteiger partial charge is 0.485 e. The summed E-state index contributed by atoms with van der Waals surface area (Å²) >= 11 is 6.19. The van der Waals surface area contributed by atoms with E-state index in [1.165, 1.54) is 29.7 Å². The molecule has 1 aromatic carbocycles. The standard InChI is InChI=1S/C22H24ClF3N4O2/c1-12(24)8-22(3,27)11-28-21(31)19-13(2)29-20-18(7-14(23)9-30(19)20)32-10-15-16(25)5-4-6-17(15)26/h4-7,9,12H,8,10-11,27H2,1-3H3,(H,28,31). The molecule has 2 unspecified atom stereocenters. The van der Waals surface area contributed by atoms with Crippen molar-refractivity contribution >= 4 is 23.2 Å². The molecule has 2 atom stereocenters. The van der Waals surface area contributed by atoms with Crippen LogP contribution in [0.2, 0.25) is 5.02 Å². The van der Waals surface area contributed by atoms with E-state index < -0.39 is 35.9 Å². The number of pyridine rings is 1. The zero-order valence-corrected chi connectivity index (χ0v) is 18.6. The Kier molecular flexibility index (Phi) is 7.00. The van der Waals surface area contributed by atoms with Crippen molar-refractivity contribution in [3.63, 3.8) is 0 Å². The van der Waals surface area contributed by atoms with Crippen molar-refractivity contribution in [3.05, 3.63) is 64.1 Å². The lowest BCUT2D eigenvalue weighted by molar-refractivity contribution is 0.0934. The maximum absolute atomic E-state index is 13.9. The number of halogens is 4. The monoisotopic (exact) mass is 468 g/mol. The fourth-order valence-electron chi connectivity index (χ4n) is 3.48. The first-order valence-corrected chi connectivity index (χ1v) is 10.3. The molecule has 10 heteroatoms. The lowest BCUT2D eigenvalue weighted by atomic mass is 9.96. The molecule has 3 rings (SSSR count). The van der Waals surface area contributed by atoms with E-state index in [1.54, 1.807) is 13.8 Å². The van der Waals surface area contributed by atoms with Gasteiger partial charge in [-0.2, -0.15) is 0 Å². The van der Waals surface area contributed by atoms with Gasteiger partial charge in [-0.15, -0.1) is 0 Å². The number of aromatic nitrogens is 2. The number of rotatable bonds is 8. The van der Waals surface area contributed by atoms with Crippen molar-refractivity contribution in [2.24, 2.45) is 5.73 Å². The van der Waals surface area contributed by atoms with Crippen LogP contribution in [0.3, 0.4) is 0 Å². The number of aryl methyl sites for hydroxylation is 1. The van der Waals surface area contributed by atoms with Crippen LogP contribution in [-0.4, -0.2) is 33.5 Å². The third-order valence-electron chi connectivity index (χ3n) is 4.88. The van der Waals surface area contributed by atoms with E-state index in [9.17, 15) is 18.0 Å². The molecule has 0 spiro atoms. The topological polar surface area (TPSA) is 81.7 Å². The Bertz CT molecular complexity index is 1130. The summed E-state index contributed by atoms with van der Waals surface area (Å²) in [6, 6.07) is 4.97. The number of benzene rings is 1. The summed E-state index contributed by atoms with van der Waals surface area (Å²) in [7, 11) is 0. The maximum atomic E-state index is 13.9. The van der Waals surface area contributed by atoms with E-state index in [4.69, 9.17) is 22.1 Å². The van der Waals surface area contributed by atoms with E-state index in [0.717, 1.165) is 12.1 Å². The first kappa shape index (κ1) is 23.9.